The Morgan fingerprint density at radius 3 is 2.70 bits per heavy atom. The zero-order valence-electron chi connectivity index (χ0n) is 13.6. The van der Waals surface area contributed by atoms with E-state index in [2.05, 4.69) is 58.3 Å². The number of ether oxygens (including phenoxy) is 1. The van der Waals surface area contributed by atoms with Gasteiger partial charge in [0.15, 0.2) is 0 Å². The van der Waals surface area contributed by atoms with Crippen molar-refractivity contribution in [2.45, 2.75) is 53.0 Å². The van der Waals surface area contributed by atoms with Gasteiger partial charge in [-0.1, -0.05) is 39.8 Å². The van der Waals surface area contributed by atoms with Crippen LogP contribution in [0.2, 0.25) is 0 Å². The number of hydrogen-bond donors (Lipinski definition) is 1. The van der Waals surface area contributed by atoms with Crippen LogP contribution in [0.3, 0.4) is 0 Å². The maximum absolute atomic E-state index is 5.71. The Morgan fingerprint density at radius 2 is 2.05 bits per heavy atom. The van der Waals surface area contributed by atoms with E-state index in [-0.39, 0.29) is 0 Å². The standard InChI is InChI=1S/C18H29NO/c1-13(18(2,3)4)11-16(19-5)14-8-9-17-15(12-14)7-6-10-20-17/h8-9,12-13,16,19H,6-7,10-11H2,1-5H3. The van der Waals surface area contributed by atoms with Crippen LogP contribution in [-0.4, -0.2) is 13.7 Å². The van der Waals surface area contributed by atoms with Gasteiger partial charge < -0.3 is 10.1 Å². The summed E-state index contributed by atoms with van der Waals surface area (Å²) in [5.74, 6) is 1.76. The SMILES string of the molecule is CNC(CC(C)C(C)(C)C)c1ccc2c(c1)CCCO2. The third-order valence-electron chi connectivity index (χ3n) is 4.75. The van der Waals surface area contributed by atoms with Gasteiger partial charge in [0.1, 0.15) is 5.75 Å². The first-order chi connectivity index (χ1) is 9.41. The van der Waals surface area contributed by atoms with Gasteiger partial charge in [-0.05, 0) is 54.8 Å². The van der Waals surface area contributed by atoms with Crippen molar-refractivity contribution in [2.75, 3.05) is 13.7 Å². The summed E-state index contributed by atoms with van der Waals surface area (Å²) in [7, 11) is 2.07. The Bertz CT molecular complexity index is 447. The molecule has 1 heterocycles. The van der Waals surface area contributed by atoms with E-state index in [9.17, 15) is 0 Å². The molecule has 0 saturated carbocycles. The van der Waals surface area contributed by atoms with Crippen molar-refractivity contribution in [3.63, 3.8) is 0 Å². The topological polar surface area (TPSA) is 21.3 Å². The Balaban J connectivity index is 2.15. The molecule has 0 radical (unpaired) electrons. The van der Waals surface area contributed by atoms with Gasteiger partial charge in [-0.15, -0.1) is 0 Å². The van der Waals surface area contributed by atoms with Crippen molar-refractivity contribution >= 4 is 0 Å². The summed E-state index contributed by atoms with van der Waals surface area (Å²) in [6.45, 7) is 10.2. The van der Waals surface area contributed by atoms with Crippen LogP contribution in [0.25, 0.3) is 0 Å². The second kappa shape index (κ2) is 6.17. The zero-order chi connectivity index (χ0) is 14.8. The van der Waals surface area contributed by atoms with Crippen LogP contribution in [0.4, 0.5) is 0 Å². The lowest BCUT2D eigenvalue weighted by Crippen LogP contribution is -2.25. The molecule has 2 nitrogen and oxygen atoms in total. The number of benzene rings is 1. The summed E-state index contributed by atoms with van der Waals surface area (Å²) in [6, 6.07) is 7.14. The fourth-order valence-corrected chi connectivity index (χ4v) is 2.72. The minimum atomic E-state index is 0.354. The van der Waals surface area contributed by atoms with Gasteiger partial charge in [0.25, 0.3) is 0 Å². The highest BCUT2D eigenvalue weighted by Gasteiger charge is 2.24. The molecular weight excluding hydrogens is 246 g/mol. The summed E-state index contributed by atoms with van der Waals surface area (Å²) in [4.78, 5) is 0. The average Bonchev–Trinajstić information content (AvgIpc) is 2.43. The predicted molar refractivity (Wildman–Crippen MR) is 85.3 cm³/mol. The van der Waals surface area contributed by atoms with Crippen molar-refractivity contribution in [3.05, 3.63) is 29.3 Å². The Hall–Kier alpha value is -1.02. The van der Waals surface area contributed by atoms with Crippen LogP contribution < -0.4 is 10.1 Å². The third-order valence-corrected chi connectivity index (χ3v) is 4.75. The van der Waals surface area contributed by atoms with E-state index >= 15 is 0 Å². The van der Waals surface area contributed by atoms with E-state index in [0.717, 1.165) is 25.2 Å². The summed E-state index contributed by atoms with van der Waals surface area (Å²) in [5.41, 5.74) is 3.12. The number of hydrogen-bond acceptors (Lipinski definition) is 2. The molecule has 1 aromatic carbocycles. The van der Waals surface area contributed by atoms with Crippen molar-refractivity contribution in [1.29, 1.82) is 0 Å². The molecule has 1 aromatic rings. The molecule has 0 saturated heterocycles. The van der Waals surface area contributed by atoms with E-state index in [1.165, 1.54) is 17.5 Å². The van der Waals surface area contributed by atoms with E-state index in [1.54, 1.807) is 0 Å². The number of fused-ring (bicyclic) bond motifs is 1. The molecule has 112 valence electrons. The molecule has 20 heavy (non-hydrogen) atoms. The van der Waals surface area contributed by atoms with Crippen LogP contribution in [0.15, 0.2) is 18.2 Å². The largest absolute Gasteiger partial charge is 0.493 e. The molecule has 2 heteroatoms. The third kappa shape index (κ3) is 3.54. The van der Waals surface area contributed by atoms with E-state index in [1.807, 2.05) is 0 Å². The summed E-state index contributed by atoms with van der Waals surface area (Å²) >= 11 is 0. The summed E-state index contributed by atoms with van der Waals surface area (Å²) in [5, 5.41) is 3.49. The number of aryl methyl sites for hydroxylation is 1. The molecule has 0 bridgehead atoms. The van der Waals surface area contributed by atoms with Gasteiger partial charge in [0, 0.05) is 6.04 Å². The first-order valence-corrected chi connectivity index (χ1v) is 7.84. The minimum Gasteiger partial charge on any atom is -0.493 e. The molecule has 2 atom stereocenters. The Labute approximate surface area is 123 Å². The maximum Gasteiger partial charge on any atom is 0.122 e. The lowest BCUT2D eigenvalue weighted by atomic mass is 9.77. The van der Waals surface area contributed by atoms with Gasteiger partial charge in [0.05, 0.1) is 6.61 Å². The maximum atomic E-state index is 5.71. The highest BCUT2D eigenvalue weighted by molar-refractivity contribution is 5.39. The van der Waals surface area contributed by atoms with Gasteiger partial charge in [-0.25, -0.2) is 0 Å². The van der Waals surface area contributed by atoms with Crippen LogP contribution in [0, 0.1) is 11.3 Å². The van der Waals surface area contributed by atoms with Gasteiger partial charge in [-0.3, -0.25) is 0 Å². The molecule has 0 aromatic heterocycles. The smallest absolute Gasteiger partial charge is 0.122 e. The second-order valence-electron chi connectivity index (χ2n) is 7.16. The lowest BCUT2D eigenvalue weighted by Gasteiger charge is -2.31. The highest BCUT2D eigenvalue weighted by atomic mass is 16.5. The van der Waals surface area contributed by atoms with Gasteiger partial charge >= 0.3 is 0 Å². The summed E-state index contributed by atoms with van der Waals surface area (Å²) in [6.07, 6.45) is 3.45. The van der Waals surface area contributed by atoms with Crippen LogP contribution >= 0.6 is 0 Å². The van der Waals surface area contributed by atoms with Gasteiger partial charge in [0.2, 0.25) is 0 Å². The first-order valence-electron chi connectivity index (χ1n) is 7.84. The van der Waals surface area contributed by atoms with Crippen LogP contribution in [0.5, 0.6) is 5.75 Å². The normalized spacial score (nSPS) is 18.1. The second-order valence-corrected chi connectivity index (χ2v) is 7.16. The molecule has 0 amide bonds. The molecule has 0 aliphatic carbocycles. The van der Waals surface area contributed by atoms with Crippen LogP contribution in [0.1, 0.15) is 57.7 Å². The van der Waals surface area contributed by atoms with Gasteiger partial charge in [-0.2, -0.15) is 0 Å². The number of rotatable bonds is 4. The molecule has 0 fully saturated rings. The predicted octanol–water partition coefficient (Wildman–Crippen LogP) is 4.34. The van der Waals surface area contributed by atoms with E-state index < -0.39 is 0 Å². The average molecular weight is 275 g/mol. The molecule has 2 unspecified atom stereocenters. The Morgan fingerprint density at radius 1 is 1.30 bits per heavy atom. The molecule has 1 N–H and O–H groups in total. The molecule has 1 aliphatic heterocycles. The van der Waals surface area contributed by atoms with Crippen molar-refractivity contribution in [2.24, 2.45) is 11.3 Å². The van der Waals surface area contributed by atoms with E-state index in [4.69, 9.17) is 4.74 Å². The monoisotopic (exact) mass is 275 g/mol. The lowest BCUT2D eigenvalue weighted by molar-refractivity contribution is 0.226. The van der Waals surface area contributed by atoms with Crippen molar-refractivity contribution in [3.8, 4) is 5.75 Å². The first kappa shape index (κ1) is 15.4. The number of nitrogens with one attached hydrogen (secondary N) is 1. The molecular formula is C18H29NO. The summed E-state index contributed by atoms with van der Waals surface area (Å²) < 4.78 is 5.71. The quantitative estimate of drug-likeness (QED) is 0.882. The molecule has 1 aliphatic rings. The molecule has 2 rings (SSSR count). The molecule has 0 spiro atoms. The zero-order valence-corrected chi connectivity index (χ0v) is 13.6. The minimum absolute atomic E-state index is 0.354. The Kier molecular flexibility index (Phi) is 4.74. The fraction of sp³-hybridized carbons (Fsp3) is 0.667. The van der Waals surface area contributed by atoms with E-state index in [0.29, 0.717) is 17.4 Å². The highest BCUT2D eigenvalue weighted by Crippen LogP contribution is 2.35. The van der Waals surface area contributed by atoms with Crippen LogP contribution in [-0.2, 0) is 6.42 Å². The van der Waals surface area contributed by atoms with Crippen molar-refractivity contribution < 1.29 is 4.74 Å². The fourth-order valence-electron chi connectivity index (χ4n) is 2.72. The van der Waals surface area contributed by atoms with Crippen molar-refractivity contribution in [1.82, 2.24) is 5.32 Å².